The predicted octanol–water partition coefficient (Wildman–Crippen LogP) is 5.03. The zero-order valence-electron chi connectivity index (χ0n) is 15.8. The number of aryl methyl sites for hydroxylation is 1. The van der Waals surface area contributed by atoms with Crippen LogP contribution in [0.1, 0.15) is 42.1 Å². The summed E-state index contributed by atoms with van der Waals surface area (Å²) in [5.41, 5.74) is 5.76. The van der Waals surface area contributed by atoms with Gasteiger partial charge in [-0.05, 0) is 61.4 Å². The number of amides is 1. The summed E-state index contributed by atoms with van der Waals surface area (Å²) in [5.74, 6) is -0.339. The van der Waals surface area contributed by atoms with Crippen molar-refractivity contribution < 1.29 is 13.9 Å². The van der Waals surface area contributed by atoms with Crippen molar-refractivity contribution in [3.63, 3.8) is 0 Å². The quantitative estimate of drug-likeness (QED) is 0.674. The number of fused-ring (bicyclic) bond motifs is 2. The van der Waals surface area contributed by atoms with Gasteiger partial charge in [0.25, 0.3) is 0 Å². The van der Waals surface area contributed by atoms with Crippen molar-refractivity contribution in [1.82, 2.24) is 9.88 Å². The molecule has 0 unspecified atom stereocenters. The molecule has 1 aromatic heterocycles. The fourth-order valence-electron chi connectivity index (χ4n) is 4.11. The second-order valence-corrected chi connectivity index (χ2v) is 7.47. The van der Waals surface area contributed by atoms with Crippen LogP contribution in [0.2, 0.25) is 5.02 Å². The summed E-state index contributed by atoms with van der Waals surface area (Å²) < 4.78 is 20.0. The highest BCUT2D eigenvalue weighted by atomic mass is 35.5. The molecule has 0 N–H and O–H groups in total. The Morgan fingerprint density at radius 2 is 2.00 bits per heavy atom. The maximum Gasteiger partial charge on any atom is 0.409 e. The van der Waals surface area contributed by atoms with Gasteiger partial charge in [0, 0.05) is 24.9 Å². The molecule has 146 valence electrons. The van der Waals surface area contributed by atoms with Crippen molar-refractivity contribution >= 4 is 23.3 Å². The Balaban J connectivity index is 1.79. The maximum atomic E-state index is 14.8. The van der Waals surface area contributed by atoms with E-state index in [1.165, 1.54) is 5.57 Å². The Hall–Kier alpha value is -2.40. The molecule has 28 heavy (non-hydrogen) atoms. The molecular weight excluding hydrogens is 379 g/mol. The van der Waals surface area contributed by atoms with E-state index in [1.54, 1.807) is 24.1 Å². The number of aromatic nitrogens is 1. The van der Waals surface area contributed by atoms with Gasteiger partial charge in [-0.3, -0.25) is 4.98 Å². The molecule has 0 radical (unpaired) electrons. The van der Waals surface area contributed by atoms with Crippen LogP contribution < -0.4 is 0 Å². The minimum absolute atomic E-state index is 0.152. The van der Waals surface area contributed by atoms with Crippen LogP contribution in [-0.4, -0.2) is 35.7 Å². The van der Waals surface area contributed by atoms with Crippen LogP contribution in [0.3, 0.4) is 0 Å². The van der Waals surface area contributed by atoms with E-state index < -0.39 is 0 Å². The van der Waals surface area contributed by atoms with Gasteiger partial charge in [-0.15, -0.1) is 0 Å². The molecule has 1 amide bonds. The van der Waals surface area contributed by atoms with Crippen LogP contribution in [-0.2, 0) is 17.6 Å². The van der Waals surface area contributed by atoms with Crippen molar-refractivity contribution in [2.75, 3.05) is 19.7 Å². The van der Waals surface area contributed by atoms with Gasteiger partial charge >= 0.3 is 6.09 Å². The lowest BCUT2D eigenvalue weighted by molar-refractivity contribution is 0.104. The van der Waals surface area contributed by atoms with Gasteiger partial charge in [0.05, 0.1) is 17.3 Å². The van der Waals surface area contributed by atoms with Crippen LogP contribution in [0.5, 0.6) is 0 Å². The molecule has 1 fully saturated rings. The van der Waals surface area contributed by atoms with Crippen LogP contribution in [0.4, 0.5) is 9.18 Å². The Morgan fingerprint density at radius 3 is 2.75 bits per heavy atom. The third kappa shape index (κ3) is 3.39. The predicted molar refractivity (Wildman–Crippen MR) is 107 cm³/mol. The number of carbonyl (C=O) groups is 1. The highest BCUT2D eigenvalue weighted by Gasteiger charge is 2.28. The number of ether oxygens (including phenoxy) is 1. The number of piperidine rings is 1. The van der Waals surface area contributed by atoms with E-state index in [2.05, 4.69) is 11.1 Å². The zero-order chi connectivity index (χ0) is 19.7. The minimum Gasteiger partial charge on any atom is -0.450 e. The highest BCUT2D eigenvalue weighted by Crippen LogP contribution is 2.39. The second kappa shape index (κ2) is 7.92. The fraction of sp³-hybridized carbons (Fsp3) is 0.364. The maximum absolute atomic E-state index is 14.8. The van der Waals surface area contributed by atoms with Gasteiger partial charge in [0.1, 0.15) is 5.82 Å². The van der Waals surface area contributed by atoms with E-state index in [1.807, 2.05) is 12.1 Å². The van der Waals surface area contributed by atoms with Crippen LogP contribution in [0, 0.1) is 5.82 Å². The van der Waals surface area contributed by atoms with E-state index in [-0.39, 0.29) is 16.9 Å². The first-order chi connectivity index (χ1) is 13.6. The average Bonchev–Trinajstić information content (AvgIpc) is 2.88. The normalized spacial score (nSPS) is 16.3. The van der Waals surface area contributed by atoms with Crippen molar-refractivity contribution in [2.45, 2.75) is 32.6 Å². The van der Waals surface area contributed by atoms with Gasteiger partial charge in [0.2, 0.25) is 0 Å². The molecule has 1 aliphatic heterocycles. The third-order valence-corrected chi connectivity index (χ3v) is 5.78. The average molecular weight is 401 g/mol. The molecule has 1 saturated heterocycles. The smallest absolute Gasteiger partial charge is 0.409 e. The largest absolute Gasteiger partial charge is 0.450 e. The molecule has 0 spiro atoms. The van der Waals surface area contributed by atoms with Crippen molar-refractivity contribution in [3.8, 4) is 0 Å². The molecular formula is C22H22ClFN2O2. The van der Waals surface area contributed by atoms with Crippen LogP contribution in [0.15, 0.2) is 36.0 Å². The standard InChI is InChI=1S/C22H22ClFN2O2/c1-2-28-22(27)26-12-9-14(10-13-26)19-16-7-8-18(23)20(24)17(16)6-5-15-4-3-11-25-21(15)19/h3-4,7-8,11H,2,5-6,9-10,12-13H2,1H3. The molecule has 4 nitrogen and oxygen atoms in total. The lowest BCUT2D eigenvalue weighted by Gasteiger charge is -2.29. The SMILES string of the molecule is CCOC(=O)N1CCC(=C2c3ccc(Cl)c(F)c3CCc3cccnc32)CC1. The number of likely N-dealkylation sites (tertiary alicyclic amines) is 1. The molecule has 0 atom stereocenters. The second-order valence-electron chi connectivity index (χ2n) is 7.06. The lowest BCUT2D eigenvalue weighted by atomic mass is 9.88. The van der Waals surface area contributed by atoms with Gasteiger partial charge in [-0.1, -0.05) is 29.3 Å². The molecule has 2 heterocycles. The summed E-state index contributed by atoms with van der Waals surface area (Å²) in [7, 11) is 0. The number of benzene rings is 1. The molecule has 0 bridgehead atoms. The number of halogens is 2. The number of nitrogens with zero attached hydrogens (tertiary/aromatic N) is 2. The first-order valence-corrected chi connectivity index (χ1v) is 10.0. The Morgan fingerprint density at radius 1 is 1.21 bits per heavy atom. The van der Waals surface area contributed by atoms with Crippen LogP contribution >= 0.6 is 11.6 Å². The summed E-state index contributed by atoms with van der Waals surface area (Å²) in [4.78, 5) is 18.4. The molecule has 1 aliphatic carbocycles. The lowest BCUT2D eigenvalue weighted by Crippen LogP contribution is -2.37. The van der Waals surface area contributed by atoms with Crippen molar-refractivity contribution in [3.05, 3.63) is 69.3 Å². The van der Waals surface area contributed by atoms with Gasteiger partial charge in [-0.2, -0.15) is 0 Å². The molecule has 4 rings (SSSR count). The van der Waals surface area contributed by atoms with Gasteiger partial charge in [0.15, 0.2) is 0 Å². The Labute approximate surface area is 169 Å². The van der Waals surface area contributed by atoms with Gasteiger partial charge in [-0.25, -0.2) is 9.18 Å². The van der Waals surface area contributed by atoms with Crippen molar-refractivity contribution in [1.29, 1.82) is 0 Å². The summed E-state index contributed by atoms with van der Waals surface area (Å²) >= 11 is 6.06. The van der Waals surface area contributed by atoms with E-state index in [0.717, 1.165) is 28.8 Å². The number of rotatable bonds is 1. The summed E-state index contributed by atoms with van der Waals surface area (Å²) in [5, 5.41) is 0.152. The number of hydrogen-bond donors (Lipinski definition) is 0. The number of pyridine rings is 1. The van der Waals surface area contributed by atoms with E-state index in [9.17, 15) is 9.18 Å². The zero-order valence-corrected chi connectivity index (χ0v) is 16.6. The third-order valence-electron chi connectivity index (χ3n) is 5.48. The molecule has 1 aromatic carbocycles. The topological polar surface area (TPSA) is 42.4 Å². The molecule has 6 heteroatoms. The number of hydrogen-bond acceptors (Lipinski definition) is 3. The monoisotopic (exact) mass is 400 g/mol. The van der Waals surface area contributed by atoms with E-state index in [0.29, 0.717) is 44.5 Å². The summed E-state index contributed by atoms with van der Waals surface area (Å²) in [6.07, 6.45) is 4.25. The fourth-order valence-corrected chi connectivity index (χ4v) is 4.28. The van der Waals surface area contributed by atoms with Crippen LogP contribution in [0.25, 0.3) is 5.57 Å². The first-order valence-electron chi connectivity index (χ1n) is 9.65. The summed E-state index contributed by atoms with van der Waals surface area (Å²) in [6, 6.07) is 7.51. The Bertz CT molecular complexity index is 948. The minimum atomic E-state index is -0.339. The van der Waals surface area contributed by atoms with E-state index in [4.69, 9.17) is 16.3 Å². The van der Waals surface area contributed by atoms with Gasteiger partial charge < -0.3 is 9.64 Å². The van der Waals surface area contributed by atoms with Crippen molar-refractivity contribution in [2.24, 2.45) is 0 Å². The highest BCUT2D eigenvalue weighted by molar-refractivity contribution is 6.30. The first kappa shape index (κ1) is 18.9. The number of carbonyl (C=O) groups excluding carboxylic acids is 1. The summed E-state index contributed by atoms with van der Waals surface area (Å²) in [6.45, 7) is 3.35. The Kier molecular flexibility index (Phi) is 5.36. The molecule has 2 aromatic rings. The van der Waals surface area contributed by atoms with E-state index >= 15 is 0 Å². The molecule has 2 aliphatic rings. The molecule has 0 saturated carbocycles.